The van der Waals surface area contributed by atoms with Crippen LogP contribution in [0.3, 0.4) is 0 Å². The van der Waals surface area contributed by atoms with E-state index in [2.05, 4.69) is 18.5 Å². The highest BCUT2D eigenvalue weighted by Crippen LogP contribution is 2.35. The molecule has 1 aliphatic rings. The van der Waals surface area contributed by atoms with Crippen LogP contribution in [-0.2, 0) is 19.4 Å². The fourth-order valence-corrected chi connectivity index (χ4v) is 4.13. The molecule has 0 aromatic carbocycles. The molecule has 2 aromatic heterocycles. The van der Waals surface area contributed by atoms with E-state index in [0.29, 0.717) is 17.5 Å². The molecule has 19 heavy (non-hydrogen) atoms. The quantitative estimate of drug-likeness (QED) is 0.851. The van der Waals surface area contributed by atoms with Gasteiger partial charge in [0.25, 0.3) is 5.56 Å². The summed E-state index contributed by atoms with van der Waals surface area (Å²) in [7, 11) is 0. The van der Waals surface area contributed by atoms with Crippen LogP contribution in [0.1, 0.15) is 23.8 Å². The molecule has 0 amide bonds. The molecule has 1 atom stereocenters. The Morgan fingerprint density at radius 2 is 2.47 bits per heavy atom. The number of nitrogens with zero attached hydrogens (tertiary/aromatic N) is 2. The molecule has 5 heteroatoms. The molecule has 100 valence electrons. The second-order valence-corrected chi connectivity index (χ2v) is 6.84. The molecule has 0 saturated heterocycles. The summed E-state index contributed by atoms with van der Waals surface area (Å²) in [5, 5.41) is 1.24. The van der Waals surface area contributed by atoms with Gasteiger partial charge >= 0.3 is 0 Å². The minimum atomic E-state index is 0.0128. The van der Waals surface area contributed by atoms with Crippen LogP contribution in [0.2, 0.25) is 0 Å². The normalized spacial score (nSPS) is 18.5. The van der Waals surface area contributed by atoms with E-state index in [1.807, 2.05) is 0 Å². The topological polar surface area (TPSA) is 34.9 Å². The highest BCUT2D eigenvalue weighted by molar-refractivity contribution is 7.18. The zero-order chi connectivity index (χ0) is 13.6. The van der Waals surface area contributed by atoms with E-state index in [1.165, 1.54) is 10.4 Å². The van der Waals surface area contributed by atoms with Gasteiger partial charge in [-0.15, -0.1) is 11.3 Å². The molecule has 0 aliphatic heterocycles. The van der Waals surface area contributed by atoms with Gasteiger partial charge in [-0.2, -0.15) is 0 Å². The molecule has 0 radical (unpaired) electrons. The lowest BCUT2D eigenvalue weighted by Gasteiger charge is -2.17. The minimum absolute atomic E-state index is 0.0128. The Bertz CT molecular complexity index is 716. The number of aromatic nitrogens is 2. The van der Waals surface area contributed by atoms with Crippen LogP contribution in [0.5, 0.6) is 0 Å². The number of aryl methyl sites for hydroxylation is 1. The van der Waals surface area contributed by atoms with Gasteiger partial charge < -0.3 is 0 Å². The van der Waals surface area contributed by atoms with E-state index in [9.17, 15) is 4.79 Å². The van der Waals surface area contributed by atoms with Gasteiger partial charge in [0.15, 0.2) is 0 Å². The van der Waals surface area contributed by atoms with E-state index in [1.54, 1.807) is 22.2 Å². The summed E-state index contributed by atoms with van der Waals surface area (Å²) in [6, 6.07) is 0. The van der Waals surface area contributed by atoms with Crippen molar-refractivity contribution in [2.24, 2.45) is 5.92 Å². The largest absolute Gasteiger partial charge is 0.293 e. The van der Waals surface area contributed by atoms with Crippen LogP contribution in [0.15, 0.2) is 22.7 Å². The lowest BCUT2D eigenvalue weighted by Crippen LogP contribution is -2.21. The van der Waals surface area contributed by atoms with E-state index >= 15 is 0 Å². The lowest BCUT2D eigenvalue weighted by atomic mass is 9.89. The van der Waals surface area contributed by atoms with Crippen LogP contribution < -0.4 is 5.56 Å². The molecule has 0 saturated carbocycles. The number of rotatable bonds is 2. The molecule has 1 aliphatic carbocycles. The summed E-state index contributed by atoms with van der Waals surface area (Å²) < 4.78 is 1.54. The Balaban J connectivity index is 2.20. The molecular weight excluding hydrogens is 280 g/mol. The van der Waals surface area contributed by atoms with Gasteiger partial charge in [0.05, 0.1) is 18.3 Å². The molecule has 2 heterocycles. The van der Waals surface area contributed by atoms with Crippen molar-refractivity contribution in [1.29, 1.82) is 0 Å². The van der Waals surface area contributed by atoms with Crippen molar-refractivity contribution in [3.63, 3.8) is 0 Å². The predicted octanol–water partition coefficient (Wildman–Crippen LogP) is 3.34. The Kier molecular flexibility index (Phi) is 3.23. The van der Waals surface area contributed by atoms with Crippen LogP contribution in [0.4, 0.5) is 0 Å². The van der Waals surface area contributed by atoms with Crippen molar-refractivity contribution >= 4 is 33.2 Å². The molecule has 0 bridgehead atoms. The van der Waals surface area contributed by atoms with E-state index in [-0.39, 0.29) is 5.56 Å². The smallest absolute Gasteiger partial charge is 0.262 e. The van der Waals surface area contributed by atoms with Crippen molar-refractivity contribution in [2.45, 2.75) is 32.7 Å². The van der Waals surface area contributed by atoms with Crippen LogP contribution in [0.25, 0.3) is 10.2 Å². The molecule has 0 fully saturated rings. The SMILES string of the molecule is C=C(Cl)Cn1cnc2sc3c(c2c1=O)CCC(C)C3. The maximum absolute atomic E-state index is 12.5. The first-order valence-corrected chi connectivity index (χ1v) is 7.58. The predicted molar refractivity (Wildman–Crippen MR) is 80.1 cm³/mol. The number of halogens is 1. The number of hydrogen-bond donors (Lipinski definition) is 0. The lowest BCUT2D eigenvalue weighted by molar-refractivity contribution is 0.509. The van der Waals surface area contributed by atoms with Crippen molar-refractivity contribution in [2.75, 3.05) is 0 Å². The Morgan fingerprint density at radius 3 is 3.21 bits per heavy atom. The number of allylic oxidation sites excluding steroid dienone is 1. The summed E-state index contributed by atoms with van der Waals surface area (Å²) in [5.74, 6) is 0.699. The average molecular weight is 295 g/mol. The summed E-state index contributed by atoms with van der Waals surface area (Å²) in [5.41, 5.74) is 1.23. The molecule has 0 spiro atoms. The van der Waals surface area contributed by atoms with Gasteiger partial charge in [-0.25, -0.2) is 4.98 Å². The maximum atomic E-state index is 12.5. The molecule has 3 nitrogen and oxygen atoms in total. The van der Waals surface area contributed by atoms with Gasteiger partial charge in [0, 0.05) is 9.91 Å². The van der Waals surface area contributed by atoms with Crippen LogP contribution in [0, 0.1) is 5.92 Å². The summed E-state index contributed by atoms with van der Waals surface area (Å²) in [6.45, 7) is 6.22. The van der Waals surface area contributed by atoms with Crippen LogP contribution >= 0.6 is 22.9 Å². The fraction of sp³-hybridized carbons (Fsp3) is 0.429. The van der Waals surface area contributed by atoms with Gasteiger partial charge in [-0.05, 0) is 30.7 Å². The maximum Gasteiger partial charge on any atom is 0.262 e. The third-order valence-electron chi connectivity index (χ3n) is 3.62. The number of thiophene rings is 1. The van der Waals surface area contributed by atoms with E-state index in [4.69, 9.17) is 11.6 Å². The molecular formula is C14H15ClN2OS. The molecule has 2 aromatic rings. The van der Waals surface area contributed by atoms with Crippen LogP contribution in [-0.4, -0.2) is 9.55 Å². The van der Waals surface area contributed by atoms with Gasteiger partial charge in [0.1, 0.15) is 4.83 Å². The van der Waals surface area contributed by atoms with Gasteiger partial charge in [-0.1, -0.05) is 25.1 Å². The highest BCUT2D eigenvalue weighted by Gasteiger charge is 2.23. The standard InChI is InChI=1S/C14H15ClN2OS/c1-8-3-4-10-11(5-8)19-13-12(10)14(18)17(7-16-13)6-9(2)15/h7-8H,2-6H2,1H3. The minimum Gasteiger partial charge on any atom is -0.293 e. The summed E-state index contributed by atoms with van der Waals surface area (Å²) >= 11 is 7.46. The fourth-order valence-electron chi connectivity index (χ4n) is 2.66. The number of hydrogen-bond acceptors (Lipinski definition) is 3. The van der Waals surface area contributed by atoms with Gasteiger partial charge in [-0.3, -0.25) is 9.36 Å². The van der Waals surface area contributed by atoms with Gasteiger partial charge in [0.2, 0.25) is 0 Å². The second-order valence-electron chi connectivity index (χ2n) is 5.23. The highest BCUT2D eigenvalue weighted by atomic mass is 35.5. The third-order valence-corrected chi connectivity index (χ3v) is 4.91. The summed E-state index contributed by atoms with van der Waals surface area (Å²) in [4.78, 5) is 19.1. The molecule has 3 rings (SSSR count). The third kappa shape index (κ3) is 2.23. The van der Waals surface area contributed by atoms with E-state index < -0.39 is 0 Å². The summed E-state index contributed by atoms with van der Waals surface area (Å²) in [6.07, 6.45) is 4.77. The Morgan fingerprint density at radius 1 is 1.68 bits per heavy atom. The first kappa shape index (κ1) is 12.9. The molecule has 0 N–H and O–H groups in total. The Labute approximate surface area is 120 Å². The second kappa shape index (κ2) is 4.76. The average Bonchev–Trinajstić information content (AvgIpc) is 2.70. The van der Waals surface area contributed by atoms with Crippen molar-refractivity contribution in [3.05, 3.63) is 38.7 Å². The zero-order valence-corrected chi connectivity index (χ0v) is 12.4. The van der Waals surface area contributed by atoms with E-state index in [0.717, 1.165) is 29.5 Å². The van der Waals surface area contributed by atoms with Crippen molar-refractivity contribution in [1.82, 2.24) is 9.55 Å². The van der Waals surface area contributed by atoms with Crippen molar-refractivity contribution in [3.8, 4) is 0 Å². The zero-order valence-electron chi connectivity index (χ0n) is 10.8. The molecule has 1 unspecified atom stereocenters. The number of fused-ring (bicyclic) bond motifs is 3. The Hall–Kier alpha value is -1.13. The van der Waals surface area contributed by atoms with Crippen molar-refractivity contribution < 1.29 is 0 Å². The first-order chi connectivity index (χ1) is 9.06. The first-order valence-electron chi connectivity index (χ1n) is 6.39. The monoisotopic (exact) mass is 294 g/mol.